The van der Waals surface area contributed by atoms with Crippen molar-refractivity contribution in [3.05, 3.63) is 0 Å². The third kappa shape index (κ3) is 3.41. The third-order valence-electron chi connectivity index (χ3n) is 1.93. The van der Waals surface area contributed by atoms with Crippen molar-refractivity contribution < 1.29 is 4.79 Å². The Morgan fingerprint density at radius 3 is 2.50 bits per heavy atom. The minimum absolute atomic E-state index is 0. The van der Waals surface area contributed by atoms with Crippen molar-refractivity contribution in [2.75, 3.05) is 26.2 Å². The topological polar surface area (TPSA) is 32.3 Å². The van der Waals surface area contributed by atoms with E-state index in [0.29, 0.717) is 12.3 Å². The maximum Gasteiger partial charge on any atom is 0.222 e. The first kappa shape index (κ1) is 11.7. The van der Waals surface area contributed by atoms with E-state index in [1.54, 1.807) is 0 Å². The molecule has 72 valence electrons. The first-order valence-electron chi connectivity index (χ1n) is 4.33. The summed E-state index contributed by atoms with van der Waals surface area (Å²) in [7, 11) is 0. The molecule has 1 aliphatic heterocycles. The van der Waals surface area contributed by atoms with Crippen LogP contribution in [0.4, 0.5) is 0 Å². The molecule has 1 fully saturated rings. The van der Waals surface area contributed by atoms with Crippen LogP contribution in [0.15, 0.2) is 0 Å². The molecule has 0 aromatic rings. The molecular weight excluding hydrogens is 176 g/mol. The highest BCUT2D eigenvalue weighted by atomic mass is 35.5. The minimum atomic E-state index is 0. The van der Waals surface area contributed by atoms with E-state index in [9.17, 15) is 4.79 Å². The molecule has 1 rings (SSSR count). The van der Waals surface area contributed by atoms with Gasteiger partial charge >= 0.3 is 0 Å². The monoisotopic (exact) mass is 192 g/mol. The largest absolute Gasteiger partial charge is 0.340 e. The van der Waals surface area contributed by atoms with Crippen LogP contribution >= 0.6 is 12.4 Å². The smallest absolute Gasteiger partial charge is 0.222 e. The van der Waals surface area contributed by atoms with Gasteiger partial charge in [0.25, 0.3) is 0 Å². The Kier molecular flexibility index (Phi) is 6.11. The van der Waals surface area contributed by atoms with Gasteiger partial charge in [0.1, 0.15) is 0 Å². The number of amides is 1. The molecule has 0 unspecified atom stereocenters. The Labute approximate surface area is 79.9 Å². The van der Waals surface area contributed by atoms with E-state index in [-0.39, 0.29) is 12.4 Å². The van der Waals surface area contributed by atoms with Gasteiger partial charge in [-0.3, -0.25) is 4.79 Å². The molecule has 3 nitrogen and oxygen atoms in total. The lowest BCUT2D eigenvalue weighted by atomic mass is 10.2. The van der Waals surface area contributed by atoms with E-state index in [0.717, 1.165) is 32.6 Å². The van der Waals surface area contributed by atoms with E-state index in [2.05, 4.69) is 5.32 Å². The molecule has 0 aromatic carbocycles. The zero-order valence-electron chi connectivity index (χ0n) is 7.51. The van der Waals surface area contributed by atoms with Crippen molar-refractivity contribution >= 4 is 18.3 Å². The van der Waals surface area contributed by atoms with Crippen molar-refractivity contribution in [3.8, 4) is 0 Å². The van der Waals surface area contributed by atoms with Crippen LogP contribution in [0.1, 0.15) is 19.8 Å². The van der Waals surface area contributed by atoms with Gasteiger partial charge in [0.15, 0.2) is 0 Å². The Balaban J connectivity index is 0.00000121. The minimum Gasteiger partial charge on any atom is -0.340 e. The average molecular weight is 193 g/mol. The third-order valence-corrected chi connectivity index (χ3v) is 1.93. The summed E-state index contributed by atoms with van der Waals surface area (Å²) in [6.07, 6.45) is 1.67. The van der Waals surface area contributed by atoms with Gasteiger partial charge in [0, 0.05) is 32.6 Å². The second kappa shape index (κ2) is 6.26. The van der Waals surface area contributed by atoms with E-state index >= 15 is 0 Å². The molecule has 0 spiro atoms. The first-order chi connectivity index (χ1) is 5.34. The fraction of sp³-hybridized carbons (Fsp3) is 0.875. The Hall–Kier alpha value is -0.280. The fourth-order valence-corrected chi connectivity index (χ4v) is 1.29. The van der Waals surface area contributed by atoms with Crippen LogP contribution in [-0.2, 0) is 4.79 Å². The Morgan fingerprint density at radius 2 is 2.00 bits per heavy atom. The molecule has 1 amide bonds. The Bertz CT molecular complexity index is 135. The number of piperazine rings is 1. The summed E-state index contributed by atoms with van der Waals surface area (Å²) in [5.74, 6) is 0.314. The molecule has 4 heteroatoms. The number of rotatable bonds is 2. The normalized spacial score (nSPS) is 16.9. The van der Waals surface area contributed by atoms with Crippen molar-refractivity contribution in [2.45, 2.75) is 19.8 Å². The first-order valence-corrected chi connectivity index (χ1v) is 4.33. The molecule has 0 bridgehead atoms. The zero-order chi connectivity index (χ0) is 8.10. The standard InChI is InChI=1S/C8H16N2O.ClH/c1-2-3-8(11)10-6-4-9-5-7-10;/h9H,2-7H2,1H3;1H. The second-order valence-electron chi connectivity index (χ2n) is 2.88. The van der Waals surface area contributed by atoms with Crippen molar-refractivity contribution in [3.63, 3.8) is 0 Å². The summed E-state index contributed by atoms with van der Waals surface area (Å²) in [4.78, 5) is 13.2. The fourth-order valence-electron chi connectivity index (χ4n) is 1.29. The van der Waals surface area contributed by atoms with E-state index in [4.69, 9.17) is 0 Å². The summed E-state index contributed by atoms with van der Waals surface area (Å²) >= 11 is 0. The lowest BCUT2D eigenvalue weighted by molar-refractivity contribution is -0.131. The van der Waals surface area contributed by atoms with Crippen LogP contribution in [0.3, 0.4) is 0 Å². The lowest BCUT2D eigenvalue weighted by Gasteiger charge is -2.27. The van der Waals surface area contributed by atoms with Crippen molar-refractivity contribution in [1.82, 2.24) is 10.2 Å². The summed E-state index contributed by atoms with van der Waals surface area (Å²) in [5, 5.41) is 3.22. The number of carbonyl (C=O) groups is 1. The van der Waals surface area contributed by atoms with Gasteiger partial charge in [-0.2, -0.15) is 0 Å². The molecule has 1 saturated heterocycles. The maximum atomic E-state index is 11.3. The molecule has 0 atom stereocenters. The predicted molar refractivity (Wildman–Crippen MR) is 51.6 cm³/mol. The number of hydrogen-bond acceptors (Lipinski definition) is 2. The van der Waals surface area contributed by atoms with Crippen LogP contribution in [-0.4, -0.2) is 37.0 Å². The molecule has 0 radical (unpaired) electrons. The molecule has 1 heterocycles. The second-order valence-corrected chi connectivity index (χ2v) is 2.88. The lowest BCUT2D eigenvalue weighted by Crippen LogP contribution is -2.46. The summed E-state index contributed by atoms with van der Waals surface area (Å²) in [6.45, 7) is 5.72. The van der Waals surface area contributed by atoms with Crippen LogP contribution in [0.2, 0.25) is 0 Å². The number of halogens is 1. The van der Waals surface area contributed by atoms with Crippen LogP contribution in [0, 0.1) is 0 Å². The quantitative estimate of drug-likeness (QED) is 0.697. The van der Waals surface area contributed by atoms with Crippen LogP contribution in [0.5, 0.6) is 0 Å². The summed E-state index contributed by atoms with van der Waals surface area (Å²) in [6, 6.07) is 0. The highest BCUT2D eigenvalue weighted by molar-refractivity contribution is 5.85. The van der Waals surface area contributed by atoms with Gasteiger partial charge in [-0.05, 0) is 6.42 Å². The van der Waals surface area contributed by atoms with Gasteiger partial charge in [-0.1, -0.05) is 6.92 Å². The number of carbonyl (C=O) groups excluding carboxylic acids is 1. The van der Waals surface area contributed by atoms with Gasteiger partial charge in [0.2, 0.25) is 5.91 Å². The van der Waals surface area contributed by atoms with Gasteiger partial charge < -0.3 is 10.2 Å². The van der Waals surface area contributed by atoms with Crippen molar-refractivity contribution in [2.24, 2.45) is 0 Å². The molecule has 12 heavy (non-hydrogen) atoms. The van der Waals surface area contributed by atoms with Gasteiger partial charge in [-0.15, -0.1) is 12.4 Å². The predicted octanol–water partition coefficient (Wildman–Crippen LogP) is 0.640. The molecule has 0 saturated carbocycles. The summed E-state index contributed by atoms with van der Waals surface area (Å²) in [5.41, 5.74) is 0. The maximum absolute atomic E-state index is 11.3. The number of nitrogens with zero attached hydrogens (tertiary/aromatic N) is 1. The molecule has 1 aliphatic rings. The van der Waals surface area contributed by atoms with E-state index in [1.807, 2.05) is 11.8 Å². The highest BCUT2D eigenvalue weighted by Gasteiger charge is 2.14. The summed E-state index contributed by atoms with van der Waals surface area (Å²) < 4.78 is 0. The van der Waals surface area contributed by atoms with Crippen LogP contribution in [0.25, 0.3) is 0 Å². The van der Waals surface area contributed by atoms with Crippen molar-refractivity contribution in [1.29, 1.82) is 0 Å². The zero-order valence-corrected chi connectivity index (χ0v) is 8.32. The molecule has 1 N–H and O–H groups in total. The van der Waals surface area contributed by atoms with Gasteiger partial charge in [0.05, 0.1) is 0 Å². The molecule has 0 aromatic heterocycles. The van der Waals surface area contributed by atoms with E-state index < -0.39 is 0 Å². The van der Waals surface area contributed by atoms with Gasteiger partial charge in [-0.25, -0.2) is 0 Å². The average Bonchev–Trinajstić information content (AvgIpc) is 2.07. The molecule has 0 aliphatic carbocycles. The molecular formula is C8H17ClN2O. The number of nitrogens with one attached hydrogen (secondary N) is 1. The number of hydrogen-bond donors (Lipinski definition) is 1. The highest BCUT2D eigenvalue weighted by Crippen LogP contribution is 1.98. The van der Waals surface area contributed by atoms with E-state index in [1.165, 1.54) is 0 Å². The SMILES string of the molecule is CCCC(=O)N1CCNCC1.Cl. The Morgan fingerprint density at radius 1 is 1.42 bits per heavy atom. The van der Waals surface area contributed by atoms with Crippen LogP contribution < -0.4 is 5.32 Å².